The fourth-order valence-corrected chi connectivity index (χ4v) is 5.17. The molecule has 2 fully saturated rings. The molecule has 4 aromatic rings. The first-order chi connectivity index (χ1) is 20.1. The highest BCUT2D eigenvalue weighted by Crippen LogP contribution is 2.24. The Hall–Kier alpha value is -4.53. The molecule has 0 atom stereocenters. The van der Waals surface area contributed by atoms with Gasteiger partial charge in [0.1, 0.15) is 23.2 Å². The summed E-state index contributed by atoms with van der Waals surface area (Å²) in [5, 5.41) is 3.90. The van der Waals surface area contributed by atoms with Gasteiger partial charge < -0.3 is 24.6 Å². The van der Waals surface area contributed by atoms with Crippen molar-refractivity contribution in [2.24, 2.45) is 0 Å². The van der Waals surface area contributed by atoms with Crippen molar-refractivity contribution in [1.29, 1.82) is 0 Å². The van der Waals surface area contributed by atoms with Crippen molar-refractivity contribution in [3.63, 3.8) is 0 Å². The van der Waals surface area contributed by atoms with Gasteiger partial charge in [-0.25, -0.2) is 9.97 Å². The number of ether oxygens (including phenoxy) is 2. The molecule has 0 bridgehead atoms. The van der Waals surface area contributed by atoms with Crippen LogP contribution in [-0.4, -0.2) is 81.9 Å². The van der Waals surface area contributed by atoms with Gasteiger partial charge in [-0.05, 0) is 50.2 Å². The molecule has 0 amide bonds. The first-order valence-electron chi connectivity index (χ1n) is 13.8. The van der Waals surface area contributed by atoms with Crippen LogP contribution in [0.15, 0.2) is 53.7 Å². The molecule has 1 aromatic carbocycles. The van der Waals surface area contributed by atoms with Crippen LogP contribution in [0.5, 0.6) is 5.75 Å². The Morgan fingerprint density at radius 2 is 1.83 bits per heavy atom. The highest BCUT2D eigenvalue weighted by Gasteiger charge is 2.20. The van der Waals surface area contributed by atoms with Crippen molar-refractivity contribution in [3.8, 4) is 18.1 Å². The minimum absolute atomic E-state index is 0.158. The normalized spacial score (nSPS) is 16.4. The number of terminal acetylenes is 1. The molecule has 2 aliphatic heterocycles. The van der Waals surface area contributed by atoms with E-state index in [1.165, 1.54) is 0 Å². The summed E-state index contributed by atoms with van der Waals surface area (Å²) in [6.07, 6.45) is 12.9. The smallest absolute Gasteiger partial charge is 0.268 e. The topological polar surface area (TPSA) is 111 Å². The maximum Gasteiger partial charge on any atom is 0.268 e. The van der Waals surface area contributed by atoms with E-state index in [0.717, 1.165) is 43.2 Å². The first kappa shape index (κ1) is 26.7. The number of benzene rings is 1. The third-order valence-corrected chi connectivity index (χ3v) is 7.43. The number of morpholine rings is 1. The van der Waals surface area contributed by atoms with Crippen molar-refractivity contribution in [2.45, 2.75) is 25.5 Å². The lowest BCUT2D eigenvalue weighted by Gasteiger charge is -2.29. The third-order valence-electron chi connectivity index (χ3n) is 7.43. The van der Waals surface area contributed by atoms with Crippen LogP contribution in [-0.2, 0) is 11.3 Å². The summed E-state index contributed by atoms with van der Waals surface area (Å²) in [7, 11) is 2.14. The largest absolute Gasteiger partial charge is 0.490 e. The Morgan fingerprint density at radius 1 is 1.07 bits per heavy atom. The van der Waals surface area contributed by atoms with Crippen molar-refractivity contribution < 1.29 is 9.47 Å². The molecule has 2 aliphatic rings. The van der Waals surface area contributed by atoms with E-state index < -0.39 is 0 Å². The number of fused-ring (bicyclic) bond motifs is 1. The van der Waals surface area contributed by atoms with Gasteiger partial charge in [0.25, 0.3) is 5.56 Å². The predicted octanol–water partition coefficient (Wildman–Crippen LogP) is 2.66. The fourth-order valence-electron chi connectivity index (χ4n) is 5.17. The highest BCUT2D eigenvalue weighted by atomic mass is 16.5. The van der Waals surface area contributed by atoms with Crippen LogP contribution in [0.4, 0.5) is 17.5 Å². The van der Waals surface area contributed by atoms with E-state index in [-0.39, 0.29) is 23.8 Å². The van der Waals surface area contributed by atoms with Crippen LogP contribution < -0.4 is 20.5 Å². The summed E-state index contributed by atoms with van der Waals surface area (Å²) in [5.41, 5.74) is 1.82. The standard InChI is InChI=1S/C30H32N8O3/c1-3-21-18-22-19-33-30(34-23-4-6-24(7-5-23)41-25-8-12-36(2)13-9-25)35-27(22)38(29(21)39)20-26-28(32-11-10-31-26)37-14-16-40-17-15-37/h1,4-7,10-11,18-19,25H,8-9,12-17,20H2,2H3,(H,33,34,35). The average Bonchev–Trinajstić information content (AvgIpc) is 3.01. The monoisotopic (exact) mass is 552 g/mol. The van der Waals surface area contributed by atoms with E-state index in [1.54, 1.807) is 29.2 Å². The van der Waals surface area contributed by atoms with Gasteiger partial charge in [0, 0.05) is 55.8 Å². The molecule has 5 heterocycles. The van der Waals surface area contributed by atoms with E-state index in [1.807, 2.05) is 24.3 Å². The molecule has 11 heteroatoms. The Balaban J connectivity index is 1.27. The summed E-state index contributed by atoms with van der Waals surface area (Å²) in [4.78, 5) is 36.2. The van der Waals surface area contributed by atoms with Gasteiger partial charge in [-0.1, -0.05) is 5.92 Å². The van der Waals surface area contributed by atoms with Crippen LogP contribution >= 0.6 is 0 Å². The zero-order valence-corrected chi connectivity index (χ0v) is 23.0. The zero-order valence-electron chi connectivity index (χ0n) is 23.0. The Labute approximate surface area is 238 Å². The van der Waals surface area contributed by atoms with Gasteiger partial charge in [0.05, 0.1) is 25.3 Å². The molecule has 1 N–H and O–H groups in total. The van der Waals surface area contributed by atoms with Gasteiger partial charge in [-0.15, -0.1) is 6.42 Å². The lowest BCUT2D eigenvalue weighted by molar-refractivity contribution is 0.114. The molecule has 6 rings (SSSR count). The second-order valence-electron chi connectivity index (χ2n) is 10.3. The fraction of sp³-hybridized carbons (Fsp3) is 0.367. The van der Waals surface area contributed by atoms with E-state index in [0.29, 0.717) is 49.0 Å². The third kappa shape index (κ3) is 5.99. The lowest BCUT2D eigenvalue weighted by Crippen LogP contribution is -2.38. The van der Waals surface area contributed by atoms with Crippen molar-refractivity contribution in [2.75, 3.05) is 56.7 Å². The number of nitrogens with zero attached hydrogens (tertiary/aromatic N) is 7. The highest BCUT2D eigenvalue weighted by molar-refractivity contribution is 5.77. The minimum atomic E-state index is -0.321. The van der Waals surface area contributed by atoms with E-state index in [2.05, 4.69) is 43.0 Å². The number of hydrogen-bond donors (Lipinski definition) is 1. The average molecular weight is 553 g/mol. The SMILES string of the molecule is C#Cc1cc2cnc(Nc3ccc(OC4CCN(C)CC4)cc3)nc2n(Cc2nccnc2N2CCOCC2)c1=O. The molecule has 0 radical (unpaired) electrons. The summed E-state index contributed by atoms with van der Waals surface area (Å²) in [6, 6.07) is 9.39. The van der Waals surface area contributed by atoms with Gasteiger partial charge in [0.2, 0.25) is 5.95 Å². The zero-order chi connectivity index (χ0) is 28.2. The molecule has 11 nitrogen and oxygen atoms in total. The molecule has 0 unspecified atom stereocenters. The summed E-state index contributed by atoms with van der Waals surface area (Å²) in [5.74, 6) is 4.41. The molecule has 41 heavy (non-hydrogen) atoms. The molecule has 2 saturated heterocycles. The summed E-state index contributed by atoms with van der Waals surface area (Å²) < 4.78 is 13.2. The maximum absolute atomic E-state index is 13.4. The van der Waals surface area contributed by atoms with Crippen LogP contribution in [0.3, 0.4) is 0 Å². The molecule has 210 valence electrons. The lowest BCUT2D eigenvalue weighted by atomic mass is 10.1. The van der Waals surface area contributed by atoms with Crippen molar-refractivity contribution in [1.82, 2.24) is 29.4 Å². The van der Waals surface area contributed by atoms with Gasteiger partial charge in [-0.3, -0.25) is 14.3 Å². The van der Waals surface area contributed by atoms with E-state index >= 15 is 0 Å². The molecular weight excluding hydrogens is 520 g/mol. The number of likely N-dealkylation sites (tertiary alicyclic amines) is 1. The number of aromatic nitrogens is 5. The summed E-state index contributed by atoms with van der Waals surface area (Å²) >= 11 is 0. The number of hydrogen-bond acceptors (Lipinski definition) is 10. The Kier molecular flexibility index (Phi) is 7.75. The van der Waals surface area contributed by atoms with E-state index in [9.17, 15) is 4.79 Å². The molecule has 0 spiro atoms. The Bertz CT molecular complexity index is 1620. The molecular formula is C30H32N8O3. The van der Waals surface area contributed by atoms with Crippen LogP contribution in [0, 0.1) is 12.3 Å². The molecule has 3 aromatic heterocycles. The molecule has 0 aliphatic carbocycles. The number of piperidine rings is 1. The van der Waals surface area contributed by atoms with E-state index in [4.69, 9.17) is 20.9 Å². The number of pyridine rings is 1. The maximum atomic E-state index is 13.4. The van der Waals surface area contributed by atoms with Crippen molar-refractivity contribution >= 4 is 28.5 Å². The quantitative estimate of drug-likeness (QED) is 0.344. The summed E-state index contributed by atoms with van der Waals surface area (Å²) in [6.45, 7) is 4.86. The van der Waals surface area contributed by atoms with Crippen LogP contribution in [0.25, 0.3) is 11.0 Å². The van der Waals surface area contributed by atoms with Gasteiger partial charge >= 0.3 is 0 Å². The number of nitrogens with one attached hydrogen (secondary N) is 1. The number of anilines is 3. The molecule has 0 saturated carbocycles. The predicted molar refractivity (Wildman–Crippen MR) is 157 cm³/mol. The van der Waals surface area contributed by atoms with Gasteiger partial charge in [-0.2, -0.15) is 4.98 Å². The van der Waals surface area contributed by atoms with Gasteiger partial charge in [0.15, 0.2) is 5.82 Å². The second-order valence-corrected chi connectivity index (χ2v) is 10.3. The van der Waals surface area contributed by atoms with Crippen molar-refractivity contribution in [3.05, 3.63) is 70.5 Å². The van der Waals surface area contributed by atoms with Crippen LogP contribution in [0.1, 0.15) is 24.1 Å². The first-order valence-corrected chi connectivity index (χ1v) is 13.8. The second kappa shape index (κ2) is 11.9. The Morgan fingerprint density at radius 3 is 2.59 bits per heavy atom. The minimum Gasteiger partial charge on any atom is -0.490 e. The van der Waals surface area contributed by atoms with Crippen LogP contribution in [0.2, 0.25) is 0 Å². The number of rotatable bonds is 7.